The minimum Gasteiger partial charge on any atom is -0.206 e. The Kier molecular flexibility index (Phi) is 5.27. The molecule has 0 radical (unpaired) electrons. The summed E-state index contributed by atoms with van der Waals surface area (Å²) in [5, 5.41) is 0. The summed E-state index contributed by atoms with van der Waals surface area (Å²) in [6.07, 6.45) is 9.02. The van der Waals surface area contributed by atoms with Crippen LogP contribution in [0.2, 0.25) is 0 Å². The van der Waals surface area contributed by atoms with E-state index in [1.807, 2.05) is 5.92 Å². The first kappa shape index (κ1) is 16.2. The Balaban J connectivity index is 2.32. The molecular weight excluding hydrogens is 285 g/mol. The van der Waals surface area contributed by atoms with Crippen molar-refractivity contribution in [1.82, 2.24) is 0 Å². The first-order chi connectivity index (χ1) is 10.6. The van der Waals surface area contributed by atoms with E-state index in [-0.39, 0.29) is 11.1 Å². The van der Waals surface area contributed by atoms with Crippen LogP contribution in [-0.4, -0.2) is 0 Å². The second kappa shape index (κ2) is 7.17. The van der Waals surface area contributed by atoms with Crippen molar-refractivity contribution in [3.63, 3.8) is 0 Å². The van der Waals surface area contributed by atoms with Crippen LogP contribution in [0.15, 0.2) is 30.3 Å². The van der Waals surface area contributed by atoms with Gasteiger partial charge in [-0.1, -0.05) is 37.8 Å². The second-order valence-electron chi connectivity index (χ2n) is 5.23. The summed E-state index contributed by atoms with van der Waals surface area (Å²) >= 11 is 0. The van der Waals surface area contributed by atoms with E-state index in [2.05, 4.69) is 6.92 Å². The third-order valence-electron chi connectivity index (χ3n) is 3.60. The molecule has 2 rings (SSSR count). The molecule has 114 valence electrons. The predicted molar refractivity (Wildman–Crippen MR) is 82.9 cm³/mol. The van der Waals surface area contributed by atoms with E-state index >= 15 is 0 Å². The molecule has 0 aliphatic carbocycles. The van der Waals surface area contributed by atoms with Gasteiger partial charge in [0.15, 0.2) is 0 Å². The van der Waals surface area contributed by atoms with Crippen molar-refractivity contribution in [3.8, 4) is 23.5 Å². The van der Waals surface area contributed by atoms with E-state index in [0.29, 0.717) is 0 Å². The molecule has 0 aliphatic heterocycles. The summed E-state index contributed by atoms with van der Waals surface area (Å²) in [5.74, 6) is -0.249. The van der Waals surface area contributed by atoms with Crippen LogP contribution in [0.25, 0.3) is 11.1 Å². The lowest BCUT2D eigenvalue weighted by Gasteiger charge is -2.08. The van der Waals surface area contributed by atoms with Crippen molar-refractivity contribution in [3.05, 3.63) is 58.9 Å². The third kappa shape index (κ3) is 3.51. The molecule has 0 bridgehead atoms. The van der Waals surface area contributed by atoms with Crippen molar-refractivity contribution < 1.29 is 13.2 Å². The molecule has 0 saturated carbocycles. The monoisotopic (exact) mass is 302 g/mol. The van der Waals surface area contributed by atoms with Gasteiger partial charge >= 0.3 is 0 Å². The van der Waals surface area contributed by atoms with Crippen LogP contribution in [0, 0.1) is 29.8 Å². The van der Waals surface area contributed by atoms with Crippen molar-refractivity contribution in [1.29, 1.82) is 0 Å². The van der Waals surface area contributed by atoms with Gasteiger partial charge < -0.3 is 0 Å². The number of hydrogen-bond donors (Lipinski definition) is 0. The number of aryl methyl sites for hydroxylation is 1. The van der Waals surface area contributed by atoms with Gasteiger partial charge in [0, 0.05) is 5.56 Å². The smallest absolute Gasteiger partial charge is 0.142 e. The lowest BCUT2D eigenvalue weighted by Crippen LogP contribution is -1.95. The number of terminal acetylenes is 1. The Hall–Kier alpha value is -2.21. The Morgan fingerprint density at radius 1 is 0.955 bits per heavy atom. The van der Waals surface area contributed by atoms with Crippen LogP contribution in [0.1, 0.15) is 37.3 Å². The highest BCUT2D eigenvalue weighted by Crippen LogP contribution is 2.27. The molecule has 2 aromatic rings. The Labute approximate surface area is 129 Å². The summed E-state index contributed by atoms with van der Waals surface area (Å²) in [7, 11) is 0. The Morgan fingerprint density at radius 3 is 2.18 bits per heavy atom. The first-order valence-electron chi connectivity index (χ1n) is 7.31. The molecule has 0 nitrogen and oxygen atoms in total. The maximum atomic E-state index is 14.2. The van der Waals surface area contributed by atoms with Crippen molar-refractivity contribution in [2.24, 2.45) is 0 Å². The van der Waals surface area contributed by atoms with Gasteiger partial charge in [0.1, 0.15) is 17.5 Å². The van der Waals surface area contributed by atoms with E-state index < -0.39 is 23.0 Å². The van der Waals surface area contributed by atoms with Crippen LogP contribution >= 0.6 is 0 Å². The Bertz CT molecular complexity index is 688. The van der Waals surface area contributed by atoms with E-state index in [0.717, 1.165) is 43.4 Å². The SMILES string of the molecule is C#Cc1c(F)cc(-c2ccc(CCCCC)cc2F)cc1F. The normalized spacial score (nSPS) is 10.5. The molecule has 3 heteroatoms. The quantitative estimate of drug-likeness (QED) is 0.506. The van der Waals surface area contributed by atoms with Crippen LogP contribution < -0.4 is 0 Å². The molecule has 0 aromatic heterocycles. The van der Waals surface area contributed by atoms with E-state index in [1.54, 1.807) is 12.1 Å². The molecule has 0 heterocycles. The maximum absolute atomic E-state index is 14.2. The van der Waals surface area contributed by atoms with Gasteiger partial charge in [-0.15, -0.1) is 6.42 Å². The van der Waals surface area contributed by atoms with Gasteiger partial charge in [-0.05, 0) is 42.2 Å². The number of hydrogen-bond acceptors (Lipinski definition) is 0. The molecule has 0 atom stereocenters. The van der Waals surface area contributed by atoms with E-state index in [1.165, 1.54) is 6.07 Å². The minimum absolute atomic E-state index is 0.145. The first-order valence-corrected chi connectivity index (χ1v) is 7.31. The molecule has 0 N–H and O–H groups in total. The van der Waals surface area contributed by atoms with Gasteiger partial charge in [0.25, 0.3) is 0 Å². The average Bonchev–Trinajstić information content (AvgIpc) is 2.47. The molecule has 22 heavy (non-hydrogen) atoms. The zero-order valence-corrected chi connectivity index (χ0v) is 12.4. The summed E-state index contributed by atoms with van der Waals surface area (Å²) in [6.45, 7) is 2.10. The molecule has 2 aromatic carbocycles. The minimum atomic E-state index is -0.857. The zero-order valence-electron chi connectivity index (χ0n) is 12.4. The van der Waals surface area contributed by atoms with Crippen molar-refractivity contribution >= 4 is 0 Å². The Morgan fingerprint density at radius 2 is 1.64 bits per heavy atom. The number of unbranched alkanes of at least 4 members (excludes halogenated alkanes) is 2. The molecule has 0 aliphatic rings. The van der Waals surface area contributed by atoms with E-state index in [9.17, 15) is 13.2 Å². The van der Waals surface area contributed by atoms with Crippen LogP contribution in [-0.2, 0) is 6.42 Å². The average molecular weight is 302 g/mol. The highest BCUT2D eigenvalue weighted by molar-refractivity contribution is 5.66. The van der Waals surface area contributed by atoms with Crippen molar-refractivity contribution in [2.75, 3.05) is 0 Å². The largest absolute Gasteiger partial charge is 0.206 e. The van der Waals surface area contributed by atoms with Gasteiger partial charge in [0.05, 0.1) is 5.56 Å². The third-order valence-corrected chi connectivity index (χ3v) is 3.60. The van der Waals surface area contributed by atoms with Gasteiger partial charge in [-0.2, -0.15) is 0 Å². The number of halogens is 3. The van der Waals surface area contributed by atoms with Gasteiger partial charge in [0.2, 0.25) is 0 Å². The topological polar surface area (TPSA) is 0 Å². The molecule has 0 saturated heterocycles. The lowest BCUT2D eigenvalue weighted by molar-refractivity contribution is 0.577. The van der Waals surface area contributed by atoms with Crippen LogP contribution in [0.3, 0.4) is 0 Å². The fourth-order valence-corrected chi connectivity index (χ4v) is 2.39. The van der Waals surface area contributed by atoms with Crippen LogP contribution in [0.5, 0.6) is 0 Å². The number of rotatable bonds is 5. The second-order valence-corrected chi connectivity index (χ2v) is 5.23. The highest BCUT2D eigenvalue weighted by Gasteiger charge is 2.13. The maximum Gasteiger partial charge on any atom is 0.142 e. The number of benzene rings is 2. The fraction of sp³-hybridized carbons (Fsp3) is 0.263. The summed E-state index contributed by atoms with van der Waals surface area (Å²) < 4.78 is 41.6. The fourth-order valence-electron chi connectivity index (χ4n) is 2.39. The standard InChI is InChI=1S/C19H17F3/c1-3-5-6-7-13-8-9-16(17(20)10-13)14-11-18(21)15(4-2)19(22)12-14/h2,8-12H,3,5-7H2,1H3. The van der Waals surface area contributed by atoms with Crippen LogP contribution in [0.4, 0.5) is 13.2 Å². The molecule has 0 amide bonds. The molecule has 0 unspecified atom stereocenters. The summed E-state index contributed by atoms with van der Waals surface area (Å²) in [4.78, 5) is 0. The van der Waals surface area contributed by atoms with Gasteiger partial charge in [-0.25, -0.2) is 13.2 Å². The highest BCUT2D eigenvalue weighted by atomic mass is 19.1. The predicted octanol–water partition coefficient (Wildman–Crippen LogP) is 5.48. The molecule has 0 spiro atoms. The molecule has 0 fully saturated rings. The van der Waals surface area contributed by atoms with E-state index in [4.69, 9.17) is 6.42 Å². The summed E-state index contributed by atoms with van der Waals surface area (Å²) in [5.41, 5.74) is 0.767. The zero-order chi connectivity index (χ0) is 16.1. The summed E-state index contributed by atoms with van der Waals surface area (Å²) in [6, 6.07) is 6.90. The van der Waals surface area contributed by atoms with Gasteiger partial charge in [-0.3, -0.25) is 0 Å². The molecular formula is C19H17F3. The lowest BCUT2D eigenvalue weighted by atomic mass is 9.99. The van der Waals surface area contributed by atoms with Crippen molar-refractivity contribution in [2.45, 2.75) is 32.6 Å².